The van der Waals surface area contributed by atoms with Crippen molar-refractivity contribution >= 4 is 27.5 Å². The van der Waals surface area contributed by atoms with Crippen LogP contribution in [0.25, 0.3) is 0 Å². The van der Waals surface area contributed by atoms with Crippen LogP contribution in [-0.4, -0.2) is 50.4 Å². The number of allylic oxidation sites excluding steroid dienone is 1. The van der Waals surface area contributed by atoms with Crippen LogP contribution in [-0.2, 0) is 16.2 Å². The van der Waals surface area contributed by atoms with Gasteiger partial charge in [0.1, 0.15) is 11.5 Å². The van der Waals surface area contributed by atoms with E-state index in [4.69, 9.17) is 4.42 Å². The lowest BCUT2D eigenvalue weighted by atomic mass is 10.0. The number of carbonyl (C=O) groups excluding carboxylic acids is 1. The molecule has 1 aliphatic heterocycles. The number of anilines is 1. The quantitative estimate of drug-likeness (QED) is 0.285. The van der Waals surface area contributed by atoms with Crippen molar-refractivity contribution in [1.82, 2.24) is 10.2 Å². The predicted molar refractivity (Wildman–Crippen MR) is 133 cm³/mol. The van der Waals surface area contributed by atoms with Gasteiger partial charge in [-0.2, -0.15) is 34.8 Å². The van der Waals surface area contributed by atoms with E-state index >= 15 is 0 Å². The Labute approximate surface area is 225 Å². The average molecular weight is 597 g/mol. The molecule has 0 bridgehead atoms. The van der Waals surface area contributed by atoms with Gasteiger partial charge < -0.3 is 25.1 Å². The highest BCUT2D eigenvalue weighted by Gasteiger charge is 2.51. The molecule has 1 aromatic carbocycles. The molecular weight excluding hydrogens is 570 g/mol. The van der Waals surface area contributed by atoms with Gasteiger partial charge in [-0.15, -0.1) is 4.40 Å². The molecule has 3 rings (SSSR count). The predicted octanol–water partition coefficient (Wildman–Crippen LogP) is 5.50. The SMILES string of the molecule is CC[C@@H](NC1=NS(=O)(=O)C(C(F)(F)F)=C1Nc1ccc(C(F)(F)F)c(C(=O)N(C)C)c1O)c1cc(C(C)C)co1. The number of hydrogen-bond donors (Lipinski definition) is 3. The van der Waals surface area contributed by atoms with Crippen LogP contribution in [0, 0.1) is 0 Å². The van der Waals surface area contributed by atoms with Crippen molar-refractivity contribution in [2.24, 2.45) is 4.40 Å². The van der Waals surface area contributed by atoms with Gasteiger partial charge in [-0.25, -0.2) is 0 Å². The Hall–Kier alpha value is -3.69. The first-order valence-corrected chi connectivity index (χ1v) is 13.2. The minimum atomic E-state index is -5.49. The number of amides is 1. The van der Waals surface area contributed by atoms with Gasteiger partial charge >= 0.3 is 12.4 Å². The molecule has 220 valence electrons. The zero-order valence-electron chi connectivity index (χ0n) is 21.8. The number of alkyl halides is 6. The van der Waals surface area contributed by atoms with E-state index in [9.17, 15) is 44.7 Å². The van der Waals surface area contributed by atoms with Crippen LogP contribution in [0.5, 0.6) is 5.75 Å². The van der Waals surface area contributed by atoms with Gasteiger partial charge in [0, 0.05) is 14.1 Å². The molecule has 0 fully saturated rings. The summed E-state index contributed by atoms with van der Waals surface area (Å²) in [6, 6.07) is 1.73. The molecule has 1 aromatic heterocycles. The van der Waals surface area contributed by atoms with Crippen molar-refractivity contribution in [1.29, 1.82) is 0 Å². The maximum atomic E-state index is 14.0. The number of phenolic OH excluding ortho intramolecular Hbond substituents is 1. The van der Waals surface area contributed by atoms with E-state index < -0.39 is 73.3 Å². The van der Waals surface area contributed by atoms with E-state index in [1.54, 1.807) is 13.0 Å². The molecule has 0 radical (unpaired) electrons. The van der Waals surface area contributed by atoms with E-state index in [-0.39, 0.29) is 18.1 Å². The van der Waals surface area contributed by atoms with E-state index in [1.165, 1.54) is 6.26 Å². The number of halogens is 6. The first kappa shape index (κ1) is 30.8. The summed E-state index contributed by atoms with van der Waals surface area (Å²) in [5.41, 5.74) is -3.99. The van der Waals surface area contributed by atoms with Crippen LogP contribution in [0.15, 0.2) is 43.9 Å². The summed E-state index contributed by atoms with van der Waals surface area (Å²) in [6.07, 6.45) is -8.96. The summed E-state index contributed by atoms with van der Waals surface area (Å²) in [5, 5.41) is 15.3. The Morgan fingerprint density at radius 2 is 1.75 bits per heavy atom. The number of furan rings is 1. The topological polar surface area (TPSA) is 124 Å². The molecule has 0 spiro atoms. The Balaban J connectivity index is 2.17. The number of nitrogens with one attached hydrogen (secondary N) is 2. The first-order chi connectivity index (χ1) is 18.3. The second-order valence-electron chi connectivity index (χ2n) is 9.37. The van der Waals surface area contributed by atoms with Crippen molar-refractivity contribution in [2.45, 2.75) is 51.5 Å². The summed E-state index contributed by atoms with van der Waals surface area (Å²) in [5.74, 6) is -3.14. The minimum Gasteiger partial charge on any atom is -0.505 e. The van der Waals surface area contributed by atoms with Crippen molar-refractivity contribution < 1.29 is 49.1 Å². The van der Waals surface area contributed by atoms with Gasteiger partial charge in [-0.3, -0.25) is 4.79 Å². The number of aromatic hydroxyl groups is 1. The van der Waals surface area contributed by atoms with Crippen LogP contribution in [0.4, 0.5) is 32.0 Å². The fraction of sp³-hybridized carbons (Fsp3) is 0.417. The third-order valence-electron chi connectivity index (χ3n) is 5.92. The van der Waals surface area contributed by atoms with E-state index in [0.29, 0.717) is 12.1 Å². The monoisotopic (exact) mass is 596 g/mol. The van der Waals surface area contributed by atoms with E-state index in [1.807, 2.05) is 13.8 Å². The van der Waals surface area contributed by atoms with Gasteiger partial charge in [0.2, 0.25) is 0 Å². The zero-order chi connectivity index (χ0) is 30.4. The number of sulfonamides is 1. The summed E-state index contributed by atoms with van der Waals surface area (Å²) >= 11 is 0. The first-order valence-electron chi connectivity index (χ1n) is 11.7. The molecule has 40 heavy (non-hydrogen) atoms. The second kappa shape index (κ2) is 10.7. The lowest BCUT2D eigenvalue weighted by molar-refractivity contribution is -0.138. The third kappa shape index (κ3) is 6.05. The number of phenols is 1. The number of carbonyl (C=O) groups is 1. The lowest BCUT2D eigenvalue weighted by Gasteiger charge is -2.22. The summed E-state index contributed by atoms with van der Waals surface area (Å²) < 4.78 is 116. The summed E-state index contributed by atoms with van der Waals surface area (Å²) in [4.78, 5) is 11.1. The second-order valence-corrected chi connectivity index (χ2v) is 10.9. The smallest absolute Gasteiger partial charge is 0.431 e. The third-order valence-corrected chi connectivity index (χ3v) is 7.30. The lowest BCUT2D eigenvalue weighted by Crippen LogP contribution is -2.32. The van der Waals surface area contributed by atoms with Gasteiger partial charge in [0.15, 0.2) is 16.5 Å². The van der Waals surface area contributed by atoms with Crippen LogP contribution < -0.4 is 10.6 Å². The maximum Gasteiger partial charge on any atom is 0.431 e. The molecule has 1 amide bonds. The molecule has 1 aliphatic rings. The molecule has 16 heteroatoms. The number of nitrogens with zero attached hydrogens (tertiary/aromatic N) is 2. The highest BCUT2D eigenvalue weighted by atomic mass is 32.2. The molecule has 0 saturated heterocycles. The number of hydrogen-bond acceptors (Lipinski definition) is 7. The zero-order valence-corrected chi connectivity index (χ0v) is 22.6. The Bertz CT molecular complexity index is 1470. The molecule has 2 heterocycles. The van der Waals surface area contributed by atoms with E-state index in [0.717, 1.165) is 24.6 Å². The molecule has 2 aromatic rings. The highest BCUT2D eigenvalue weighted by Crippen LogP contribution is 2.43. The van der Waals surface area contributed by atoms with Crippen molar-refractivity contribution in [3.63, 3.8) is 0 Å². The Kier molecular flexibility index (Phi) is 8.26. The van der Waals surface area contributed by atoms with Crippen LogP contribution >= 0.6 is 0 Å². The molecule has 0 aliphatic carbocycles. The van der Waals surface area contributed by atoms with Crippen molar-refractivity contribution in [3.8, 4) is 5.75 Å². The van der Waals surface area contributed by atoms with Gasteiger partial charge in [-0.1, -0.05) is 20.8 Å². The summed E-state index contributed by atoms with van der Waals surface area (Å²) in [6.45, 7) is 5.40. The summed E-state index contributed by atoms with van der Waals surface area (Å²) in [7, 11) is -3.13. The van der Waals surface area contributed by atoms with Gasteiger partial charge in [0.25, 0.3) is 15.9 Å². The Morgan fingerprint density at radius 3 is 2.23 bits per heavy atom. The minimum absolute atomic E-state index is 0.0508. The van der Waals surface area contributed by atoms with Gasteiger partial charge in [0.05, 0.1) is 29.1 Å². The van der Waals surface area contributed by atoms with E-state index in [2.05, 4.69) is 15.0 Å². The highest BCUT2D eigenvalue weighted by molar-refractivity contribution is 7.94. The molecule has 1 atom stereocenters. The number of amidine groups is 1. The Morgan fingerprint density at radius 1 is 1.12 bits per heavy atom. The van der Waals surface area contributed by atoms with Crippen LogP contribution in [0.3, 0.4) is 0 Å². The standard InChI is InChI=1S/C24H26F6N4O5S/c1-6-14(16-9-12(10-39-16)11(2)3)32-21-18(20(24(28,29)30)40(37,38)33-21)31-15-8-7-13(23(25,26)27)17(19(15)35)22(36)34(4)5/h7-11,14,31,35H,6H2,1-5H3,(H,32,33)/t14-/m1/s1. The fourth-order valence-electron chi connectivity index (χ4n) is 3.85. The molecular formula is C24H26F6N4O5S. The average Bonchev–Trinajstić information content (AvgIpc) is 3.39. The normalized spacial score (nSPS) is 16.2. The van der Waals surface area contributed by atoms with Crippen LogP contribution in [0.1, 0.15) is 66.4 Å². The maximum absolute atomic E-state index is 14.0. The van der Waals surface area contributed by atoms with Crippen LogP contribution in [0.2, 0.25) is 0 Å². The number of rotatable bonds is 7. The fourth-order valence-corrected chi connectivity index (χ4v) is 5.02. The van der Waals surface area contributed by atoms with Crippen molar-refractivity contribution in [3.05, 3.63) is 57.5 Å². The van der Waals surface area contributed by atoms with Crippen molar-refractivity contribution in [2.75, 3.05) is 19.4 Å². The largest absolute Gasteiger partial charge is 0.505 e. The van der Waals surface area contributed by atoms with Gasteiger partial charge in [-0.05, 0) is 36.1 Å². The molecule has 9 nitrogen and oxygen atoms in total. The molecule has 0 saturated carbocycles. The molecule has 3 N–H and O–H groups in total. The number of benzene rings is 1. The molecule has 0 unspecified atom stereocenters.